The van der Waals surface area contributed by atoms with Crippen molar-refractivity contribution in [2.24, 2.45) is 0 Å². The van der Waals surface area contributed by atoms with Crippen LogP contribution in [0.2, 0.25) is 0 Å². The number of pyridine rings is 2. The van der Waals surface area contributed by atoms with Crippen molar-refractivity contribution >= 4 is 50.6 Å². The highest BCUT2D eigenvalue weighted by Crippen LogP contribution is 2.60. The number of hydrogen-bond acceptors (Lipinski definition) is 3. The summed E-state index contributed by atoms with van der Waals surface area (Å²) < 4.78 is 6.50. The number of rotatable bonds is 3. The standard InChI is InChI=1S/C40H33N2OP/c1-24-20-32-30-19-18-25(2)41-39(30)43-37(32)33(21-24)35-23-27(26-12-7-6-8-13-26)22-34(42-35)31-16-11-15-29-28-14-9-10-17-36(28)44(38(29)31)40(3,4)5/h6-23H,1-5H3. The molecule has 0 aliphatic heterocycles. The summed E-state index contributed by atoms with van der Waals surface area (Å²) >= 11 is 0. The van der Waals surface area contributed by atoms with Gasteiger partial charge in [-0.2, -0.15) is 0 Å². The lowest BCUT2D eigenvalue weighted by Gasteiger charge is -2.22. The molecule has 214 valence electrons. The Bertz CT molecular complexity index is 2390. The van der Waals surface area contributed by atoms with Crippen LogP contribution in [0.3, 0.4) is 0 Å². The number of fused-ring (bicyclic) bond motifs is 6. The zero-order chi connectivity index (χ0) is 30.2. The van der Waals surface area contributed by atoms with Gasteiger partial charge in [0.15, 0.2) is 0 Å². The second-order valence-electron chi connectivity index (χ2n) is 12.8. The van der Waals surface area contributed by atoms with Crippen LogP contribution in [0.4, 0.5) is 0 Å². The molecule has 0 N–H and O–H groups in total. The monoisotopic (exact) mass is 588 g/mol. The molecule has 8 aromatic rings. The summed E-state index contributed by atoms with van der Waals surface area (Å²) in [4.78, 5) is 10.2. The summed E-state index contributed by atoms with van der Waals surface area (Å²) in [6, 6.07) is 39.4. The second kappa shape index (κ2) is 9.91. The SMILES string of the molecule is Cc1cc(-c2cc(-c3ccccc3)cc(-c3cccc4c5ccccc5p(C(C)(C)C)c34)n2)c2oc3nc(C)ccc3c2c1. The molecule has 0 saturated heterocycles. The zero-order valence-electron chi connectivity index (χ0n) is 25.6. The van der Waals surface area contributed by atoms with E-state index in [4.69, 9.17) is 14.4 Å². The van der Waals surface area contributed by atoms with Gasteiger partial charge in [0.05, 0.1) is 11.4 Å². The maximum Gasteiger partial charge on any atom is 0.227 e. The molecule has 4 heteroatoms. The molecule has 1 atom stereocenters. The number of aromatic nitrogens is 2. The van der Waals surface area contributed by atoms with Crippen LogP contribution in [0.5, 0.6) is 0 Å². The molecule has 0 aliphatic rings. The number of aryl methyl sites for hydroxylation is 2. The fraction of sp³-hybridized carbons (Fsp3) is 0.150. The van der Waals surface area contributed by atoms with Crippen molar-refractivity contribution < 1.29 is 4.42 Å². The highest BCUT2D eigenvalue weighted by molar-refractivity contribution is 7.62. The number of benzene rings is 4. The fourth-order valence-corrected chi connectivity index (χ4v) is 9.88. The summed E-state index contributed by atoms with van der Waals surface area (Å²) in [6.07, 6.45) is 0. The predicted molar refractivity (Wildman–Crippen MR) is 188 cm³/mol. The minimum absolute atomic E-state index is 0.0920. The first-order valence-electron chi connectivity index (χ1n) is 15.2. The molecule has 0 spiro atoms. The Kier molecular flexibility index (Phi) is 6.05. The van der Waals surface area contributed by atoms with Gasteiger partial charge in [0.1, 0.15) is 5.58 Å². The molecule has 4 heterocycles. The van der Waals surface area contributed by atoms with E-state index in [1.165, 1.54) is 26.6 Å². The highest BCUT2D eigenvalue weighted by Gasteiger charge is 2.25. The quantitative estimate of drug-likeness (QED) is 0.206. The lowest BCUT2D eigenvalue weighted by atomic mass is 9.97. The molecule has 8 rings (SSSR count). The van der Waals surface area contributed by atoms with Crippen molar-refractivity contribution in [2.45, 2.75) is 39.8 Å². The molecule has 4 aromatic carbocycles. The van der Waals surface area contributed by atoms with Crippen LogP contribution in [-0.2, 0) is 5.16 Å². The Hall–Kier alpha value is -4.72. The topological polar surface area (TPSA) is 38.9 Å². The summed E-state index contributed by atoms with van der Waals surface area (Å²) in [5, 5.41) is 7.78. The van der Waals surface area contributed by atoms with Crippen molar-refractivity contribution in [1.82, 2.24) is 9.97 Å². The van der Waals surface area contributed by atoms with Crippen LogP contribution in [0, 0.1) is 13.8 Å². The maximum absolute atomic E-state index is 6.50. The normalized spacial score (nSPS) is 12.6. The summed E-state index contributed by atoms with van der Waals surface area (Å²) in [5.74, 6) is 0. The minimum atomic E-state index is -0.607. The van der Waals surface area contributed by atoms with E-state index in [2.05, 4.69) is 131 Å². The van der Waals surface area contributed by atoms with Crippen molar-refractivity contribution in [1.29, 1.82) is 0 Å². The molecule has 0 fully saturated rings. The van der Waals surface area contributed by atoms with Gasteiger partial charge in [0.2, 0.25) is 5.71 Å². The average molecular weight is 589 g/mol. The van der Waals surface area contributed by atoms with Crippen LogP contribution in [0.25, 0.3) is 76.7 Å². The Morgan fingerprint density at radius 2 is 1.32 bits per heavy atom. The molecule has 3 nitrogen and oxygen atoms in total. The number of furan rings is 1. The third-order valence-electron chi connectivity index (χ3n) is 8.57. The highest BCUT2D eigenvalue weighted by atomic mass is 31.1. The Balaban J connectivity index is 1.47. The summed E-state index contributed by atoms with van der Waals surface area (Å²) in [7, 11) is -0.607. The van der Waals surface area contributed by atoms with Crippen LogP contribution in [0.1, 0.15) is 32.0 Å². The first-order valence-corrected chi connectivity index (χ1v) is 16.5. The minimum Gasteiger partial charge on any atom is -0.437 e. The first-order chi connectivity index (χ1) is 21.3. The lowest BCUT2D eigenvalue weighted by Crippen LogP contribution is -2.00. The van der Waals surface area contributed by atoms with Crippen LogP contribution in [0.15, 0.2) is 114 Å². The van der Waals surface area contributed by atoms with Crippen molar-refractivity contribution in [3.05, 3.63) is 120 Å². The van der Waals surface area contributed by atoms with E-state index >= 15 is 0 Å². The van der Waals surface area contributed by atoms with Gasteiger partial charge in [-0.25, -0.2) is 9.97 Å². The Morgan fingerprint density at radius 1 is 0.591 bits per heavy atom. The van der Waals surface area contributed by atoms with E-state index in [1.807, 2.05) is 13.0 Å². The molecule has 0 amide bonds. The second-order valence-corrected chi connectivity index (χ2v) is 15.8. The van der Waals surface area contributed by atoms with E-state index in [1.54, 1.807) is 0 Å². The molecule has 0 bridgehead atoms. The van der Waals surface area contributed by atoms with E-state index in [-0.39, 0.29) is 5.16 Å². The van der Waals surface area contributed by atoms with Gasteiger partial charge in [-0.1, -0.05) is 93.6 Å². The van der Waals surface area contributed by atoms with Crippen molar-refractivity contribution in [2.75, 3.05) is 0 Å². The maximum atomic E-state index is 6.50. The largest absolute Gasteiger partial charge is 0.437 e. The summed E-state index contributed by atoms with van der Waals surface area (Å²) in [6.45, 7) is 11.3. The van der Waals surface area contributed by atoms with E-state index in [9.17, 15) is 0 Å². The number of nitrogens with zero attached hydrogens (tertiary/aromatic N) is 2. The molecule has 0 saturated carbocycles. The van der Waals surface area contributed by atoms with Gasteiger partial charge in [0.25, 0.3) is 0 Å². The summed E-state index contributed by atoms with van der Waals surface area (Å²) in [5.41, 5.74) is 9.99. The van der Waals surface area contributed by atoms with E-state index in [0.29, 0.717) is 5.71 Å². The molecule has 0 aliphatic carbocycles. The average Bonchev–Trinajstić information content (AvgIpc) is 3.56. The molecular formula is C40H33N2OP. The van der Waals surface area contributed by atoms with Gasteiger partial charge in [-0.3, -0.25) is 0 Å². The van der Waals surface area contributed by atoms with E-state index < -0.39 is 7.53 Å². The molecule has 44 heavy (non-hydrogen) atoms. The molecule has 0 radical (unpaired) electrons. The zero-order valence-corrected chi connectivity index (χ0v) is 26.5. The Labute approximate surface area is 258 Å². The van der Waals surface area contributed by atoms with Crippen LogP contribution >= 0.6 is 7.53 Å². The van der Waals surface area contributed by atoms with Crippen LogP contribution in [-0.4, -0.2) is 9.97 Å². The molecule has 1 unspecified atom stereocenters. The van der Waals surface area contributed by atoms with Gasteiger partial charge in [-0.05, 0) is 77.7 Å². The predicted octanol–water partition coefficient (Wildman–Crippen LogP) is 12.0. The molecule has 4 aromatic heterocycles. The Morgan fingerprint density at radius 3 is 2.11 bits per heavy atom. The lowest BCUT2D eigenvalue weighted by molar-refractivity contribution is 0.653. The smallest absolute Gasteiger partial charge is 0.227 e. The third kappa shape index (κ3) is 4.26. The fourth-order valence-electron chi connectivity index (χ4n) is 6.71. The van der Waals surface area contributed by atoms with Gasteiger partial charge < -0.3 is 4.42 Å². The van der Waals surface area contributed by atoms with Gasteiger partial charge in [-0.15, -0.1) is 7.53 Å². The third-order valence-corrected chi connectivity index (χ3v) is 11.7. The van der Waals surface area contributed by atoms with Crippen molar-refractivity contribution in [3.8, 4) is 33.6 Å². The van der Waals surface area contributed by atoms with Crippen LogP contribution < -0.4 is 0 Å². The number of hydrogen-bond donors (Lipinski definition) is 0. The first kappa shape index (κ1) is 26.9. The van der Waals surface area contributed by atoms with E-state index in [0.717, 1.165) is 55.7 Å². The van der Waals surface area contributed by atoms with Gasteiger partial charge in [0, 0.05) is 43.0 Å². The van der Waals surface area contributed by atoms with Gasteiger partial charge >= 0.3 is 0 Å². The van der Waals surface area contributed by atoms with Crippen molar-refractivity contribution in [3.63, 3.8) is 0 Å². The molecular weight excluding hydrogens is 555 g/mol.